The molecular weight excluding hydrogens is 342 g/mol. The normalized spacial score (nSPS) is 23.7. The maximum atomic E-state index is 10.9. The number of aliphatic hydroxyl groups is 1. The van der Waals surface area contributed by atoms with Gasteiger partial charge in [0.2, 0.25) is 0 Å². The Labute approximate surface area is 170 Å². The van der Waals surface area contributed by atoms with Crippen LogP contribution in [-0.4, -0.2) is 29.6 Å². The van der Waals surface area contributed by atoms with Crippen molar-refractivity contribution in [3.63, 3.8) is 0 Å². The number of benzene rings is 2. The minimum atomic E-state index is -0.705. The van der Waals surface area contributed by atoms with Crippen molar-refractivity contribution in [2.24, 2.45) is 5.92 Å². The van der Waals surface area contributed by atoms with Gasteiger partial charge in [0.05, 0.1) is 5.60 Å². The molecule has 1 saturated carbocycles. The fourth-order valence-corrected chi connectivity index (χ4v) is 5.12. The van der Waals surface area contributed by atoms with Gasteiger partial charge in [0.1, 0.15) is 0 Å². The first-order valence-electron chi connectivity index (χ1n) is 11.2. The summed E-state index contributed by atoms with van der Waals surface area (Å²) in [5.41, 5.74) is 3.24. The number of rotatable bonds is 7. The second-order valence-electron chi connectivity index (χ2n) is 9.05. The Bertz CT molecular complexity index is 761. The van der Waals surface area contributed by atoms with Crippen LogP contribution < -0.4 is 0 Å². The van der Waals surface area contributed by atoms with Crippen LogP contribution in [0.2, 0.25) is 0 Å². The Morgan fingerprint density at radius 2 is 1.61 bits per heavy atom. The van der Waals surface area contributed by atoms with E-state index in [0.29, 0.717) is 0 Å². The molecule has 2 aromatic rings. The fraction of sp³-hybridized carbons (Fsp3) is 0.538. The summed E-state index contributed by atoms with van der Waals surface area (Å²) in [7, 11) is 0. The summed E-state index contributed by atoms with van der Waals surface area (Å²) >= 11 is 0. The van der Waals surface area contributed by atoms with Crippen LogP contribution in [0.3, 0.4) is 0 Å². The van der Waals surface area contributed by atoms with E-state index in [1.165, 1.54) is 49.9 Å². The van der Waals surface area contributed by atoms with Gasteiger partial charge in [-0.15, -0.1) is 0 Å². The molecule has 1 aliphatic carbocycles. The lowest BCUT2D eigenvalue weighted by atomic mass is 9.68. The van der Waals surface area contributed by atoms with Gasteiger partial charge in [0, 0.05) is 18.5 Å². The minimum absolute atomic E-state index is 0.0590. The van der Waals surface area contributed by atoms with Crippen molar-refractivity contribution in [2.75, 3.05) is 19.6 Å². The van der Waals surface area contributed by atoms with Gasteiger partial charge in [-0.1, -0.05) is 68.4 Å². The highest BCUT2D eigenvalue weighted by Gasteiger charge is 2.40. The van der Waals surface area contributed by atoms with E-state index in [4.69, 9.17) is 0 Å². The van der Waals surface area contributed by atoms with Crippen LogP contribution in [0.15, 0.2) is 54.6 Å². The lowest BCUT2D eigenvalue weighted by molar-refractivity contribution is 0.0283. The van der Waals surface area contributed by atoms with E-state index in [-0.39, 0.29) is 5.41 Å². The van der Waals surface area contributed by atoms with E-state index in [0.717, 1.165) is 30.9 Å². The molecule has 150 valence electrons. The molecule has 0 radical (unpaired) electrons. The Hall–Kier alpha value is -1.64. The summed E-state index contributed by atoms with van der Waals surface area (Å²) in [6.45, 7) is 7.74. The zero-order valence-corrected chi connectivity index (χ0v) is 17.5. The molecule has 1 atom stereocenters. The van der Waals surface area contributed by atoms with E-state index in [1.54, 1.807) is 0 Å². The fourth-order valence-electron chi connectivity index (χ4n) is 5.12. The maximum Gasteiger partial charge on any atom is 0.0891 e. The molecule has 1 aliphatic heterocycles. The molecular formula is C26H35NO. The molecule has 2 aliphatic rings. The monoisotopic (exact) mass is 377 g/mol. The molecule has 1 heterocycles. The molecule has 4 rings (SSSR count). The second kappa shape index (κ2) is 8.00. The number of likely N-dealkylation sites (tertiary alicyclic amines) is 1. The van der Waals surface area contributed by atoms with Crippen molar-refractivity contribution in [3.05, 3.63) is 71.3 Å². The second-order valence-corrected chi connectivity index (χ2v) is 9.05. The minimum Gasteiger partial charge on any atom is -0.385 e. The summed E-state index contributed by atoms with van der Waals surface area (Å²) in [5, 5.41) is 10.9. The van der Waals surface area contributed by atoms with Crippen molar-refractivity contribution in [1.29, 1.82) is 0 Å². The summed E-state index contributed by atoms with van der Waals surface area (Å²) in [5.74, 6) is 0.929. The Morgan fingerprint density at radius 1 is 0.964 bits per heavy atom. The predicted molar refractivity (Wildman–Crippen MR) is 117 cm³/mol. The van der Waals surface area contributed by atoms with Crippen LogP contribution >= 0.6 is 0 Å². The van der Waals surface area contributed by atoms with Crippen molar-refractivity contribution in [1.82, 2.24) is 4.90 Å². The van der Waals surface area contributed by atoms with E-state index >= 15 is 0 Å². The maximum absolute atomic E-state index is 10.9. The van der Waals surface area contributed by atoms with E-state index in [1.807, 2.05) is 0 Å². The third-order valence-electron chi connectivity index (χ3n) is 7.26. The first-order valence-corrected chi connectivity index (χ1v) is 11.2. The summed E-state index contributed by atoms with van der Waals surface area (Å²) in [6.07, 6.45) is 6.77. The quantitative estimate of drug-likeness (QED) is 0.690. The lowest BCUT2D eigenvalue weighted by Crippen LogP contribution is -2.47. The van der Waals surface area contributed by atoms with Crippen LogP contribution in [0.4, 0.5) is 0 Å². The molecule has 0 bridgehead atoms. The van der Waals surface area contributed by atoms with Gasteiger partial charge >= 0.3 is 0 Å². The highest BCUT2D eigenvalue weighted by Crippen LogP contribution is 2.42. The highest BCUT2D eigenvalue weighted by atomic mass is 16.3. The van der Waals surface area contributed by atoms with Crippen molar-refractivity contribution < 1.29 is 5.11 Å². The molecule has 2 fully saturated rings. The van der Waals surface area contributed by atoms with Gasteiger partial charge in [0.25, 0.3) is 0 Å². The van der Waals surface area contributed by atoms with Crippen molar-refractivity contribution >= 4 is 0 Å². The number of piperidine rings is 1. The lowest BCUT2D eigenvalue weighted by Gasteiger charge is -2.44. The first-order chi connectivity index (χ1) is 13.6. The smallest absolute Gasteiger partial charge is 0.0891 e. The molecule has 2 nitrogen and oxygen atoms in total. The van der Waals surface area contributed by atoms with E-state index in [9.17, 15) is 5.11 Å². The van der Waals surface area contributed by atoms with Gasteiger partial charge in [-0.3, -0.25) is 0 Å². The van der Waals surface area contributed by atoms with Crippen LogP contribution in [0.5, 0.6) is 0 Å². The predicted octanol–water partition coefficient (Wildman–Crippen LogP) is 5.49. The Morgan fingerprint density at radius 3 is 2.21 bits per heavy atom. The third-order valence-corrected chi connectivity index (χ3v) is 7.26. The molecule has 1 unspecified atom stereocenters. The largest absolute Gasteiger partial charge is 0.385 e. The average molecular weight is 378 g/mol. The molecule has 1 N–H and O–H groups in total. The molecule has 2 aromatic carbocycles. The van der Waals surface area contributed by atoms with Crippen LogP contribution in [-0.2, 0) is 11.0 Å². The standard InChI is InChI=1S/C26H35NO/c1-3-26(28,4-2)24-15-13-23(14-16-24)25(22-9-6-5-7-10-22)17-8-18-27(20-25)19-21-11-12-21/h5-7,9-10,13-16,21,28H,3-4,8,11-12,17-20H2,1-2H3. The molecule has 0 aromatic heterocycles. The van der Waals surface area contributed by atoms with Gasteiger partial charge in [-0.2, -0.15) is 0 Å². The van der Waals surface area contributed by atoms with Crippen molar-refractivity contribution in [2.45, 2.75) is 63.4 Å². The topological polar surface area (TPSA) is 23.5 Å². The van der Waals surface area contributed by atoms with Crippen LogP contribution in [0.25, 0.3) is 0 Å². The van der Waals surface area contributed by atoms with Gasteiger partial charge < -0.3 is 10.0 Å². The molecule has 28 heavy (non-hydrogen) atoms. The average Bonchev–Trinajstić information content (AvgIpc) is 3.58. The highest BCUT2D eigenvalue weighted by molar-refractivity contribution is 5.42. The van der Waals surface area contributed by atoms with E-state index in [2.05, 4.69) is 73.3 Å². The Kier molecular flexibility index (Phi) is 5.62. The van der Waals surface area contributed by atoms with Crippen molar-refractivity contribution in [3.8, 4) is 0 Å². The zero-order chi connectivity index (χ0) is 19.6. The zero-order valence-electron chi connectivity index (χ0n) is 17.5. The molecule has 0 spiro atoms. The number of nitrogens with zero attached hydrogens (tertiary/aromatic N) is 1. The van der Waals surface area contributed by atoms with E-state index < -0.39 is 5.60 Å². The number of hydrogen-bond donors (Lipinski definition) is 1. The van der Waals surface area contributed by atoms with Crippen LogP contribution in [0, 0.1) is 5.92 Å². The van der Waals surface area contributed by atoms with Gasteiger partial charge in [-0.05, 0) is 67.7 Å². The molecule has 0 amide bonds. The third kappa shape index (κ3) is 3.77. The Balaban J connectivity index is 1.69. The number of hydrogen-bond acceptors (Lipinski definition) is 2. The SMILES string of the molecule is CCC(O)(CC)c1ccc(C2(c3ccccc3)CCCN(CC3CC3)C2)cc1. The van der Waals surface area contributed by atoms with Crippen LogP contribution in [0.1, 0.15) is 69.1 Å². The first kappa shape index (κ1) is 19.7. The molecule has 2 heteroatoms. The summed E-state index contributed by atoms with van der Waals surface area (Å²) < 4.78 is 0. The van der Waals surface area contributed by atoms with Gasteiger partial charge in [-0.25, -0.2) is 0 Å². The summed E-state index contributed by atoms with van der Waals surface area (Å²) in [6, 6.07) is 20.0. The summed E-state index contributed by atoms with van der Waals surface area (Å²) in [4.78, 5) is 2.70. The van der Waals surface area contributed by atoms with Gasteiger partial charge in [0.15, 0.2) is 0 Å². The molecule has 1 saturated heterocycles.